The fourth-order valence-electron chi connectivity index (χ4n) is 2.52. The summed E-state index contributed by atoms with van der Waals surface area (Å²) in [4.78, 5) is 26.0. The van der Waals surface area contributed by atoms with E-state index in [2.05, 4.69) is 5.10 Å². The summed E-state index contributed by atoms with van der Waals surface area (Å²) in [7, 11) is 0. The summed E-state index contributed by atoms with van der Waals surface area (Å²) in [6.45, 7) is 5.14. The van der Waals surface area contributed by atoms with Crippen LogP contribution in [0.5, 0.6) is 0 Å². The van der Waals surface area contributed by atoms with Crippen LogP contribution in [0.15, 0.2) is 18.5 Å². The second-order valence-electron chi connectivity index (χ2n) is 5.04. The minimum atomic E-state index is -0.342. The highest BCUT2D eigenvalue weighted by atomic mass is 16.5. The Hall–Kier alpha value is -1.85. The molecule has 1 saturated heterocycles. The third-order valence-corrected chi connectivity index (χ3v) is 3.63. The number of piperidine rings is 1. The molecule has 2 rings (SSSR count). The number of amides is 1. The quantitative estimate of drug-likeness (QED) is 0.778. The molecule has 0 radical (unpaired) electrons. The zero-order valence-electron chi connectivity index (χ0n) is 12.0. The highest BCUT2D eigenvalue weighted by Gasteiger charge is 2.31. The molecule has 2 atom stereocenters. The first-order valence-electron chi connectivity index (χ1n) is 7.08. The average molecular weight is 279 g/mol. The van der Waals surface area contributed by atoms with Crippen molar-refractivity contribution in [2.24, 2.45) is 5.92 Å². The molecule has 6 heteroatoms. The molecule has 1 aliphatic rings. The fraction of sp³-hybridized carbons (Fsp3) is 0.643. The van der Waals surface area contributed by atoms with E-state index < -0.39 is 0 Å². The van der Waals surface area contributed by atoms with Crippen molar-refractivity contribution in [3.63, 3.8) is 0 Å². The van der Waals surface area contributed by atoms with Gasteiger partial charge in [0.2, 0.25) is 5.91 Å². The first-order valence-corrected chi connectivity index (χ1v) is 7.08. The van der Waals surface area contributed by atoms with Crippen LogP contribution < -0.4 is 0 Å². The Labute approximate surface area is 118 Å². The van der Waals surface area contributed by atoms with Crippen molar-refractivity contribution in [2.75, 3.05) is 19.7 Å². The van der Waals surface area contributed by atoms with Gasteiger partial charge in [0.1, 0.15) is 6.04 Å². The monoisotopic (exact) mass is 279 g/mol. The highest BCUT2D eigenvalue weighted by molar-refractivity contribution is 5.81. The van der Waals surface area contributed by atoms with E-state index in [4.69, 9.17) is 4.74 Å². The maximum absolute atomic E-state index is 12.4. The van der Waals surface area contributed by atoms with E-state index in [0.29, 0.717) is 19.7 Å². The summed E-state index contributed by atoms with van der Waals surface area (Å²) >= 11 is 0. The first-order chi connectivity index (χ1) is 9.63. The van der Waals surface area contributed by atoms with Crippen molar-refractivity contribution in [3.05, 3.63) is 18.5 Å². The van der Waals surface area contributed by atoms with Gasteiger partial charge in [-0.05, 0) is 32.8 Å². The molecular formula is C14H21N3O3. The normalized spacial score (nSPS) is 20.5. The molecule has 20 heavy (non-hydrogen) atoms. The second kappa shape index (κ2) is 6.54. The lowest BCUT2D eigenvalue weighted by Gasteiger charge is -2.33. The third-order valence-electron chi connectivity index (χ3n) is 3.63. The first kappa shape index (κ1) is 14.6. The molecule has 2 heterocycles. The molecule has 1 fully saturated rings. The number of carbonyl (C=O) groups excluding carboxylic acids is 2. The number of aromatic nitrogens is 2. The Morgan fingerprint density at radius 1 is 1.50 bits per heavy atom. The van der Waals surface area contributed by atoms with E-state index in [1.54, 1.807) is 35.0 Å². The van der Waals surface area contributed by atoms with Crippen molar-refractivity contribution in [2.45, 2.75) is 32.7 Å². The molecule has 0 bridgehead atoms. The fourth-order valence-corrected chi connectivity index (χ4v) is 2.52. The van der Waals surface area contributed by atoms with Crippen LogP contribution >= 0.6 is 0 Å². The van der Waals surface area contributed by atoms with Gasteiger partial charge in [-0.1, -0.05) is 0 Å². The average Bonchev–Trinajstić information content (AvgIpc) is 3.00. The van der Waals surface area contributed by atoms with Crippen molar-refractivity contribution in [1.29, 1.82) is 0 Å². The third kappa shape index (κ3) is 3.18. The van der Waals surface area contributed by atoms with Gasteiger partial charge >= 0.3 is 5.97 Å². The molecule has 0 aromatic carbocycles. The summed E-state index contributed by atoms with van der Waals surface area (Å²) in [6, 6.07) is 1.45. The summed E-state index contributed by atoms with van der Waals surface area (Å²) in [6.07, 6.45) is 5.05. The van der Waals surface area contributed by atoms with Crippen LogP contribution in [0.3, 0.4) is 0 Å². The van der Waals surface area contributed by atoms with E-state index >= 15 is 0 Å². The summed E-state index contributed by atoms with van der Waals surface area (Å²) in [5, 5.41) is 4.09. The molecule has 1 aromatic rings. The molecule has 0 N–H and O–H groups in total. The molecule has 0 spiro atoms. The van der Waals surface area contributed by atoms with Gasteiger partial charge in [-0.2, -0.15) is 5.10 Å². The van der Waals surface area contributed by atoms with Gasteiger partial charge in [0.15, 0.2) is 0 Å². The van der Waals surface area contributed by atoms with Gasteiger partial charge in [-0.3, -0.25) is 14.3 Å². The standard InChI is InChI=1S/C14H21N3O3/c1-3-20-14(19)12-6-4-8-16(10-12)13(18)11(2)17-9-5-7-15-17/h5,7,9,11-12H,3-4,6,8,10H2,1-2H3/t11?,12-/m0/s1. The van der Waals surface area contributed by atoms with Gasteiger partial charge in [0, 0.05) is 25.5 Å². The predicted molar refractivity (Wildman–Crippen MR) is 72.9 cm³/mol. The van der Waals surface area contributed by atoms with Crippen LogP contribution in [-0.2, 0) is 14.3 Å². The molecule has 1 unspecified atom stereocenters. The summed E-state index contributed by atoms with van der Waals surface area (Å²) < 4.78 is 6.68. The van der Waals surface area contributed by atoms with Crippen molar-refractivity contribution in [3.8, 4) is 0 Å². The Morgan fingerprint density at radius 2 is 2.30 bits per heavy atom. The van der Waals surface area contributed by atoms with Crippen LogP contribution in [0.2, 0.25) is 0 Å². The Bertz CT molecular complexity index is 458. The lowest BCUT2D eigenvalue weighted by atomic mass is 9.97. The zero-order chi connectivity index (χ0) is 14.5. The number of esters is 1. The molecule has 110 valence electrons. The topological polar surface area (TPSA) is 64.4 Å². The van der Waals surface area contributed by atoms with E-state index in [1.165, 1.54) is 0 Å². The Kier molecular flexibility index (Phi) is 4.76. The van der Waals surface area contributed by atoms with Gasteiger partial charge in [0.25, 0.3) is 0 Å². The van der Waals surface area contributed by atoms with Crippen molar-refractivity contribution >= 4 is 11.9 Å². The minimum Gasteiger partial charge on any atom is -0.466 e. The number of likely N-dealkylation sites (tertiary alicyclic amines) is 1. The smallest absolute Gasteiger partial charge is 0.310 e. The SMILES string of the molecule is CCOC(=O)[C@H]1CCCN(C(=O)C(C)n2cccn2)C1. The van der Waals surface area contributed by atoms with E-state index in [1.807, 2.05) is 6.92 Å². The summed E-state index contributed by atoms with van der Waals surface area (Å²) in [5.74, 6) is -0.392. The van der Waals surface area contributed by atoms with Gasteiger partial charge in [0.05, 0.1) is 12.5 Å². The predicted octanol–water partition coefficient (Wildman–Crippen LogP) is 1.25. The molecule has 1 amide bonds. The summed E-state index contributed by atoms with van der Waals surface area (Å²) in [5.41, 5.74) is 0. The van der Waals surface area contributed by atoms with E-state index in [-0.39, 0.29) is 23.8 Å². The van der Waals surface area contributed by atoms with Crippen LogP contribution in [0.1, 0.15) is 32.7 Å². The molecular weight excluding hydrogens is 258 g/mol. The van der Waals surface area contributed by atoms with Crippen molar-refractivity contribution in [1.82, 2.24) is 14.7 Å². The Morgan fingerprint density at radius 3 is 2.95 bits per heavy atom. The molecule has 6 nitrogen and oxygen atoms in total. The van der Waals surface area contributed by atoms with Crippen LogP contribution in [-0.4, -0.2) is 46.3 Å². The minimum absolute atomic E-state index is 0.00250. The second-order valence-corrected chi connectivity index (χ2v) is 5.04. The van der Waals surface area contributed by atoms with Gasteiger partial charge in [-0.15, -0.1) is 0 Å². The van der Waals surface area contributed by atoms with Crippen LogP contribution in [0.4, 0.5) is 0 Å². The molecule has 1 aromatic heterocycles. The number of carbonyl (C=O) groups is 2. The zero-order valence-corrected chi connectivity index (χ0v) is 12.0. The number of hydrogen-bond donors (Lipinski definition) is 0. The number of hydrogen-bond acceptors (Lipinski definition) is 4. The largest absolute Gasteiger partial charge is 0.466 e. The molecule has 1 aliphatic heterocycles. The maximum Gasteiger partial charge on any atom is 0.310 e. The van der Waals surface area contributed by atoms with Gasteiger partial charge < -0.3 is 9.64 Å². The van der Waals surface area contributed by atoms with Crippen LogP contribution in [0, 0.1) is 5.92 Å². The molecule has 0 aliphatic carbocycles. The molecule has 0 saturated carbocycles. The van der Waals surface area contributed by atoms with E-state index in [9.17, 15) is 9.59 Å². The lowest BCUT2D eigenvalue weighted by Crippen LogP contribution is -2.45. The van der Waals surface area contributed by atoms with E-state index in [0.717, 1.165) is 12.8 Å². The Balaban J connectivity index is 1.98. The highest BCUT2D eigenvalue weighted by Crippen LogP contribution is 2.20. The van der Waals surface area contributed by atoms with Crippen LogP contribution in [0.25, 0.3) is 0 Å². The number of ether oxygens (including phenoxy) is 1. The number of nitrogens with zero attached hydrogens (tertiary/aromatic N) is 3. The lowest BCUT2D eigenvalue weighted by molar-refractivity contribution is -0.151. The maximum atomic E-state index is 12.4. The van der Waals surface area contributed by atoms with Gasteiger partial charge in [-0.25, -0.2) is 0 Å². The number of rotatable bonds is 4. The van der Waals surface area contributed by atoms with Crippen molar-refractivity contribution < 1.29 is 14.3 Å².